The Kier molecular flexibility index (Phi) is 12.6. The van der Waals surface area contributed by atoms with Gasteiger partial charge in [-0.15, -0.1) is 11.6 Å². The van der Waals surface area contributed by atoms with E-state index >= 15 is 0 Å². The van der Waals surface area contributed by atoms with Gasteiger partial charge in [-0.3, -0.25) is 0 Å². The molecule has 0 N–H and O–H groups in total. The van der Waals surface area contributed by atoms with Crippen LogP contribution < -0.4 is 0 Å². The van der Waals surface area contributed by atoms with Crippen LogP contribution in [0.3, 0.4) is 0 Å². The molecular formula is C14H28Cl. The molecule has 0 spiro atoms. The highest BCUT2D eigenvalue weighted by Crippen LogP contribution is 2.15. The maximum atomic E-state index is 6.14. The molecule has 1 atom stereocenters. The molecule has 0 nitrogen and oxygen atoms in total. The summed E-state index contributed by atoms with van der Waals surface area (Å²) in [6.45, 7) is 4.47. The zero-order valence-electron chi connectivity index (χ0n) is 10.6. The summed E-state index contributed by atoms with van der Waals surface area (Å²) in [6, 6.07) is 0. The van der Waals surface area contributed by atoms with Crippen molar-refractivity contribution in [2.24, 2.45) is 0 Å². The summed E-state index contributed by atoms with van der Waals surface area (Å²) in [5, 5.41) is 0.409. The molecular weight excluding hydrogens is 204 g/mol. The van der Waals surface area contributed by atoms with Crippen LogP contribution >= 0.6 is 11.6 Å². The number of unbranched alkanes of at least 4 members (excludes halogenated alkanes) is 7. The molecule has 0 fully saturated rings. The Bertz CT molecular complexity index is 112. The van der Waals surface area contributed by atoms with Gasteiger partial charge in [0.25, 0.3) is 0 Å². The van der Waals surface area contributed by atoms with Gasteiger partial charge in [0, 0.05) is 5.38 Å². The van der Waals surface area contributed by atoms with Gasteiger partial charge in [0.05, 0.1) is 0 Å². The van der Waals surface area contributed by atoms with Gasteiger partial charge in [-0.1, -0.05) is 58.8 Å². The molecule has 1 heteroatoms. The van der Waals surface area contributed by atoms with E-state index in [2.05, 4.69) is 20.3 Å². The van der Waals surface area contributed by atoms with Crippen molar-refractivity contribution in [3.63, 3.8) is 0 Å². The Balaban J connectivity index is 2.98. The molecule has 0 saturated heterocycles. The minimum Gasteiger partial charge on any atom is -0.123 e. The van der Waals surface area contributed by atoms with Gasteiger partial charge in [0.15, 0.2) is 0 Å². The van der Waals surface area contributed by atoms with E-state index in [-0.39, 0.29) is 0 Å². The molecule has 15 heavy (non-hydrogen) atoms. The molecule has 91 valence electrons. The lowest BCUT2D eigenvalue weighted by Gasteiger charge is -2.06. The van der Waals surface area contributed by atoms with E-state index in [0.717, 1.165) is 0 Å². The lowest BCUT2D eigenvalue weighted by atomic mass is 10.1. The number of hydrogen-bond acceptors (Lipinski definition) is 0. The molecule has 0 saturated carbocycles. The van der Waals surface area contributed by atoms with Gasteiger partial charge >= 0.3 is 0 Å². The minimum atomic E-state index is 0.409. The average molecular weight is 232 g/mol. The van der Waals surface area contributed by atoms with E-state index < -0.39 is 0 Å². The molecule has 0 aliphatic carbocycles. The van der Waals surface area contributed by atoms with Crippen LogP contribution in [0.25, 0.3) is 0 Å². The van der Waals surface area contributed by atoms with Gasteiger partial charge in [-0.05, 0) is 25.7 Å². The number of alkyl halides is 1. The standard InChI is InChI=1S/C14H28Cl/c1-3-5-6-7-8-9-10-11-13-14(15)12-4-2/h10,14H,3-9,11-13H2,1-2H3. The molecule has 0 aromatic carbocycles. The van der Waals surface area contributed by atoms with Crippen molar-refractivity contribution in [1.82, 2.24) is 0 Å². The zero-order valence-corrected chi connectivity index (χ0v) is 11.4. The number of hydrogen-bond donors (Lipinski definition) is 0. The normalized spacial score (nSPS) is 13.0. The Hall–Kier alpha value is 0.290. The highest BCUT2D eigenvalue weighted by atomic mass is 35.5. The summed E-state index contributed by atoms with van der Waals surface area (Å²) in [5.41, 5.74) is 0. The summed E-state index contributed by atoms with van der Waals surface area (Å²) in [7, 11) is 0. The average Bonchev–Trinajstić information content (AvgIpc) is 2.22. The smallest absolute Gasteiger partial charge is 0.0336 e. The largest absolute Gasteiger partial charge is 0.123 e. The quantitative estimate of drug-likeness (QED) is 0.314. The monoisotopic (exact) mass is 231 g/mol. The van der Waals surface area contributed by atoms with Gasteiger partial charge < -0.3 is 0 Å². The van der Waals surface area contributed by atoms with Crippen molar-refractivity contribution in [3.8, 4) is 0 Å². The number of halogens is 1. The van der Waals surface area contributed by atoms with Crippen molar-refractivity contribution in [2.45, 2.75) is 83.4 Å². The SMILES string of the molecule is CCCCCCC[CH]CCC(Cl)CCC. The first kappa shape index (κ1) is 15.3. The molecule has 1 radical (unpaired) electrons. The summed E-state index contributed by atoms with van der Waals surface area (Å²) >= 11 is 6.14. The Morgan fingerprint density at radius 2 is 1.60 bits per heavy atom. The van der Waals surface area contributed by atoms with E-state index in [1.54, 1.807) is 0 Å². The predicted octanol–water partition coefficient (Wildman–Crippen LogP) is 5.74. The zero-order chi connectivity index (χ0) is 11.4. The second-order valence-electron chi connectivity index (χ2n) is 4.45. The summed E-state index contributed by atoms with van der Waals surface area (Å²) in [5.74, 6) is 0. The minimum absolute atomic E-state index is 0.409. The van der Waals surface area contributed by atoms with Crippen molar-refractivity contribution in [3.05, 3.63) is 6.42 Å². The second-order valence-corrected chi connectivity index (χ2v) is 5.07. The molecule has 0 bridgehead atoms. The molecule has 0 aliphatic heterocycles. The maximum absolute atomic E-state index is 6.14. The van der Waals surface area contributed by atoms with Gasteiger partial charge in [0.1, 0.15) is 0 Å². The molecule has 0 rings (SSSR count). The van der Waals surface area contributed by atoms with Crippen LogP contribution in [0.2, 0.25) is 0 Å². The van der Waals surface area contributed by atoms with Gasteiger partial charge in [0.2, 0.25) is 0 Å². The van der Waals surface area contributed by atoms with E-state index in [0.29, 0.717) is 5.38 Å². The van der Waals surface area contributed by atoms with Crippen LogP contribution in [0.5, 0.6) is 0 Å². The topological polar surface area (TPSA) is 0 Å². The second kappa shape index (κ2) is 12.4. The van der Waals surface area contributed by atoms with Crippen molar-refractivity contribution >= 4 is 11.6 Å². The molecule has 0 amide bonds. The Morgan fingerprint density at radius 1 is 0.867 bits per heavy atom. The van der Waals surface area contributed by atoms with Crippen LogP contribution in [0, 0.1) is 6.42 Å². The van der Waals surface area contributed by atoms with Gasteiger partial charge in [-0.2, -0.15) is 0 Å². The van der Waals surface area contributed by atoms with Crippen molar-refractivity contribution < 1.29 is 0 Å². The number of rotatable bonds is 11. The lowest BCUT2D eigenvalue weighted by molar-refractivity contribution is 0.608. The molecule has 0 aromatic rings. The third kappa shape index (κ3) is 12.2. The molecule has 1 unspecified atom stereocenters. The molecule has 0 heterocycles. The van der Waals surface area contributed by atoms with E-state index in [9.17, 15) is 0 Å². The van der Waals surface area contributed by atoms with E-state index in [1.807, 2.05) is 0 Å². The fraction of sp³-hybridized carbons (Fsp3) is 0.929. The highest BCUT2D eigenvalue weighted by Gasteiger charge is 2.01. The van der Waals surface area contributed by atoms with Crippen LogP contribution in [-0.4, -0.2) is 5.38 Å². The van der Waals surface area contributed by atoms with E-state index in [1.165, 1.54) is 64.2 Å². The Morgan fingerprint density at radius 3 is 2.27 bits per heavy atom. The van der Waals surface area contributed by atoms with Crippen LogP contribution in [0.4, 0.5) is 0 Å². The highest BCUT2D eigenvalue weighted by molar-refractivity contribution is 6.20. The lowest BCUT2D eigenvalue weighted by Crippen LogP contribution is -1.97. The van der Waals surface area contributed by atoms with Crippen LogP contribution in [0.15, 0.2) is 0 Å². The third-order valence-corrected chi connectivity index (χ3v) is 3.23. The maximum Gasteiger partial charge on any atom is 0.0336 e. The van der Waals surface area contributed by atoms with Crippen molar-refractivity contribution in [1.29, 1.82) is 0 Å². The summed E-state index contributed by atoms with van der Waals surface area (Å²) in [6.07, 6.45) is 15.4. The molecule has 0 aromatic heterocycles. The first-order chi connectivity index (χ1) is 7.31. The van der Waals surface area contributed by atoms with Crippen LogP contribution in [0.1, 0.15) is 78.1 Å². The van der Waals surface area contributed by atoms with Crippen molar-refractivity contribution in [2.75, 3.05) is 0 Å². The Labute approximate surface area is 102 Å². The van der Waals surface area contributed by atoms with Crippen LogP contribution in [-0.2, 0) is 0 Å². The fourth-order valence-corrected chi connectivity index (χ4v) is 2.14. The van der Waals surface area contributed by atoms with E-state index in [4.69, 9.17) is 11.6 Å². The predicted molar refractivity (Wildman–Crippen MR) is 71.5 cm³/mol. The first-order valence-electron chi connectivity index (χ1n) is 6.77. The van der Waals surface area contributed by atoms with Gasteiger partial charge in [-0.25, -0.2) is 0 Å². The third-order valence-electron chi connectivity index (χ3n) is 2.80. The fourth-order valence-electron chi connectivity index (χ4n) is 1.79. The first-order valence-corrected chi connectivity index (χ1v) is 7.20. The summed E-state index contributed by atoms with van der Waals surface area (Å²) in [4.78, 5) is 0. The molecule has 0 aliphatic rings. The summed E-state index contributed by atoms with van der Waals surface area (Å²) < 4.78 is 0.